The third kappa shape index (κ3) is 3.16. The van der Waals surface area contributed by atoms with Crippen molar-refractivity contribution in [3.63, 3.8) is 0 Å². The Morgan fingerprint density at radius 1 is 1.16 bits per heavy atom. The molecule has 1 aromatic rings. The van der Waals surface area contributed by atoms with Crippen LogP contribution in [0.15, 0.2) is 18.2 Å². The molecule has 2 N–H and O–H groups in total. The Morgan fingerprint density at radius 3 is 2.76 bits per heavy atom. The lowest BCUT2D eigenvalue weighted by Crippen LogP contribution is -2.48. The van der Waals surface area contributed by atoms with Gasteiger partial charge in [-0.2, -0.15) is 0 Å². The molecule has 0 aromatic heterocycles. The number of benzene rings is 1. The van der Waals surface area contributed by atoms with E-state index in [0.29, 0.717) is 37.8 Å². The van der Waals surface area contributed by atoms with E-state index in [1.54, 1.807) is 4.90 Å². The summed E-state index contributed by atoms with van der Waals surface area (Å²) in [5.41, 5.74) is 6.72. The molecular weight excluding hydrogens is 322 g/mol. The first-order valence-electron chi connectivity index (χ1n) is 8.86. The maximum absolute atomic E-state index is 12.7. The largest absolute Gasteiger partial charge is 0.486 e. The normalized spacial score (nSPS) is 26.0. The lowest BCUT2D eigenvalue weighted by molar-refractivity contribution is -0.136. The van der Waals surface area contributed by atoms with Gasteiger partial charge in [-0.05, 0) is 25.0 Å². The molecule has 2 atom stereocenters. The van der Waals surface area contributed by atoms with Crippen molar-refractivity contribution in [3.8, 4) is 11.5 Å². The van der Waals surface area contributed by atoms with Crippen LogP contribution < -0.4 is 20.1 Å². The number of nitrogens with zero attached hydrogens (tertiary/aromatic N) is 2. The maximum Gasteiger partial charge on any atom is 0.228 e. The number of anilines is 1. The zero-order valence-corrected chi connectivity index (χ0v) is 14.1. The average Bonchev–Trinajstić information content (AvgIpc) is 3.02. The number of amides is 2. The molecule has 2 saturated heterocycles. The van der Waals surface area contributed by atoms with Crippen LogP contribution in [0, 0.1) is 5.92 Å². The second-order valence-electron chi connectivity index (χ2n) is 6.92. The van der Waals surface area contributed by atoms with Gasteiger partial charge in [-0.25, -0.2) is 0 Å². The van der Waals surface area contributed by atoms with Gasteiger partial charge in [-0.3, -0.25) is 9.59 Å². The van der Waals surface area contributed by atoms with Gasteiger partial charge in [0.2, 0.25) is 11.8 Å². The molecular formula is C18H23N3O4. The molecule has 2 unspecified atom stereocenters. The molecule has 0 spiro atoms. The third-order valence-electron chi connectivity index (χ3n) is 5.08. The molecule has 4 rings (SSSR count). The Kier molecular flexibility index (Phi) is 4.25. The number of hydrogen-bond donors (Lipinski definition) is 1. The molecule has 7 nitrogen and oxygen atoms in total. The van der Waals surface area contributed by atoms with Crippen LogP contribution in [-0.2, 0) is 9.59 Å². The summed E-state index contributed by atoms with van der Waals surface area (Å²) in [6.45, 7) is 2.77. The number of hydrogen-bond acceptors (Lipinski definition) is 5. The predicted molar refractivity (Wildman–Crippen MR) is 91.7 cm³/mol. The molecule has 0 bridgehead atoms. The monoisotopic (exact) mass is 345 g/mol. The highest BCUT2D eigenvalue weighted by atomic mass is 16.6. The maximum atomic E-state index is 12.7. The van der Waals surface area contributed by atoms with Crippen LogP contribution in [-0.4, -0.2) is 55.6 Å². The number of nitrogens with two attached hydrogens (primary N) is 1. The summed E-state index contributed by atoms with van der Waals surface area (Å²) in [5.74, 6) is 1.05. The smallest absolute Gasteiger partial charge is 0.228 e. The van der Waals surface area contributed by atoms with Crippen LogP contribution in [0.25, 0.3) is 0 Å². The van der Waals surface area contributed by atoms with E-state index in [-0.39, 0.29) is 30.2 Å². The van der Waals surface area contributed by atoms with Crippen LogP contribution in [0.1, 0.15) is 19.3 Å². The number of piperidine rings is 1. The van der Waals surface area contributed by atoms with Crippen molar-refractivity contribution in [3.05, 3.63) is 18.2 Å². The first-order chi connectivity index (χ1) is 12.1. The fraction of sp³-hybridized carbons (Fsp3) is 0.556. The number of ether oxygens (including phenoxy) is 2. The molecule has 3 aliphatic rings. The number of rotatable bonds is 2. The van der Waals surface area contributed by atoms with E-state index < -0.39 is 0 Å². The first kappa shape index (κ1) is 16.2. The molecule has 25 heavy (non-hydrogen) atoms. The quantitative estimate of drug-likeness (QED) is 0.855. The lowest BCUT2D eigenvalue weighted by atomic mass is 10.0. The van der Waals surface area contributed by atoms with Gasteiger partial charge in [0.1, 0.15) is 13.2 Å². The molecule has 0 aliphatic carbocycles. The van der Waals surface area contributed by atoms with Crippen LogP contribution in [0.3, 0.4) is 0 Å². The molecule has 0 radical (unpaired) electrons. The summed E-state index contributed by atoms with van der Waals surface area (Å²) in [6.07, 6.45) is 2.13. The highest BCUT2D eigenvalue weighted by Crippen LogP contribution is 2.36. The van der Waals surface area contributed by atoms with Crippen molar-refractivity contribution < 1.29 is 19.1 Å². The first-order valence-corrected chi connectivity index (χ1v) is 8.86. The third-order valence-corrected chi connectivity index (χ3v) is 5.08. The lowest BCUT2D eigenvalue weighted by Gasteiger charge is -2.32. The van der Waals surface area contributed by atoms with E-state index in [4.69, 9.17) is 15.2 Å². The van der Waals surface area contributed by atoms with Crippen molar-refractivity contribution >= 4 is 17.5 Å². The molecule has 7 heteroatoms. The number of carbonyl (C=O) groups excluding carboxylic acids is 2. The Bertz CT molecular complexity index is 693. The van der Waals surface area contributed by atoms with Gasteiger partial charge >= 0.3 is 0 Å². The van der Waals surface area contributed by atoms with Crippen molar-refractivity contribution in [2.24, 2.45) is 11.7 Å². The van der Waals surface area contributed by atoms with E-state index in [1.165, 1.54) is 0 Å². The minimum atomic E-state index is -0.300. The molecule has 1 aromatic carbocycles. The van der Waals surface area contributed by atoms with Crippen LogP contribution >= 0.6 is 0 Å². The number of fused-ring (bicyclic) bond motifs is 1. The van der Waals surface area contributed by atoms with E-state index in [2.05, 4.69) is 0 Å². The van der Waals surface area contributed by atoms with Gasteiger partial charge in [0.15, 0.2) is 11.5 Å². The van der Waals surface area contributed by atoms with Crippen LogP contribution in [0.5, 0.6) is 11.5 Å². The Balaban J connectivity index is 1.47. The minimum absolute atomic E-state index is 0.0312. The molecule has 3 heterocycles. The summed E-state index contributed by atoms with van der Waals surface area (Å²) in [5, 5.41) is 0. The summed E-state index contributed by atoms with van der Waals surface area (Å²) in [6, 6.07) is 5.52. The van der Waals surface area contributed by atoms with Crippen LogP contribution in [0.4, 0.5) is 5.69 Å². The van der Waals surface area contributed by atoms with Crippen molar-refractivity contribution in [1.82, 2.24) is 4.90 Å². The fourth-order valence-electron chi connectivity index (χ4n) is 3.79. The summed E-state index contributed by atoms with van der Waals surface area (Å²) < 4.78 is 11.1. The topological polar surface area (TPSA) is 85.1 Å². The van der Waals surface area contributed by atoms with Crippen molar-refractivity contribution in [1.29, 1.82) is 0 Å². The Labute approximate surface area is 146 Å². The molecule has 134 valence electrons. The number of likely N-dealkylation sites (tertiary alicyclic amines) is 1. The van der Waals surface area contributed by atoms with E-state index in [1.807, 2.05) is 23.1 Å². The van der Waals surface area contributed by atoms with Gasteiger partial charge in [-0.1, -0.05) is 0 Å². The minimum Gasteiger partial charge on any atom is -0.486 e. The summed E-state index contributed by atoms with van der Waals surface area (Å²) in [4.78, 5) is 28.7. The van der Waals surface area contributed by atoms with Gasteiger partial charge in [-0.15, -0.1) is 0 Å². The van der Waals surface area contributed by atoms with E-state index >= 15 is 0 Å². The SMILES string of the molecule is NC1CCCN(C(=O)C2CC(=O)N(c3ccc4c(c3)OCCO4)C2)C1. The Hall–Kier alpha value is -2.28. The van der Waals surface area contributed by atoms with Gasteiger partial charge < -0.3 is 25.0 Å². The fourth-order valence-corrected chi connectivity index (χ4v) is 3.79. The van der Waals surface area contributed by atoms with Crippen LogP contribution in [0.2, 0.25) is 0 Å². The van der Waals surface area contributed by atoms with E-state index in [9.17, 15) is 9.59 Å². The zero-order chi connectivity index (χ0) is 17.4. The van der Waals surface area contributed by atoms with Crippen molar-refractivity contribution in [2.75, 3.05) is 37.7 Å². The van der Waals surface area contributed by atoms with Gasteiger partial charge in [0.25, 0.3) is 0 Å². The second-order valence-corrected chi connectivity index (χ2v) is 6.92. The molecule has 0 saturated carbocycles. The van der Waals surface area contributed by atoms with Gasteiger partial charge in [0, 0.05) is 43.9 Å². The molecule has 3 aliphatic heterocycles. The Morgan fingerprint density at radius 2 is 1.96 bits per heavy atom. The van der Waals surface area contributed by atoms with E-state index in [0.717, 1.165) is 25.1 Å². The highest BCUT2D eigenvalue weighted by Gasteiger charge is 2.38. The molecule has 2 fully saturated rings. The highest BCUT2D eigenvalue weighted by molar-refractivity contribution is 6.00. The predicted octanol–water partition coefficient (Wildman–Crippen LogP) is 0.760. The summed E-state index contributed by atoms with van der Waals surface area (Å²) in [7, 11) is 0. The van der Waals surface area contributed by atoms with Crippen molar-refractivity contribution in [2.45, 2.75) is 25.3 Å². The summed E-state index contributed by atoms with van der Waals surface area (Å²) >= 11 is 0. The standard InChI is InChI=1S/C18H23N3O4/c19-13-2-1-5-20(11-13)18(23)12-8-17(22)21(10-12)14-3-4-15-16(9-14)25-7-6-24-15/h3-4,9,12-13H,1-2,5-8,10-11,19H2. The number of carbonyl (C=O) groups is 2. The second kappa shape index (κ2) is 6.55. The zero-order valence-electron chi connectivity index (χ0n) is 14.1. The molecule has 2 amide bonds. The average molecular weight is 345 g/mol. The van der Waals surface area contributed by atoms with Gasteiger partial charge in [0.05, 0.1) is 5.92 Å².